The first kappa shape index (κ1) is 19.5. The number of carbonyl (C=O) groups excluding carboxylic acids is 1. The van der Waals surface area contributed by atoms with Crippen LogP contribution in [0.15, 0.2) is 47.4 Å². The largest absolute Gasteiger partial charge is 0.365 e. The van der Waals surface area contributed by atoms with Crippen molar-refractivity contribution in [2.75, 3.05) is 25.5 Å². The maximum atomic E-state index is 12.5. The van der Waals surface area contributed by atoms with Crippen LogP contribution in [0.3, 0.4) is 0 Å². The van der Waals surface area contributed by atoms with E-state index in [1.807, 2.05) is 37.3 Å². The summed E-state index contributed by atoms with van der Waals surface area (Å²) < 4.78 is 1.56. The third-order valence-corrected chi connectivity index (χ3v) is 5.58. The highest BCUT2D eigenvalue weighted by atomic mass is 35.5. The van der Waals surface area contributed by atoms with Crippen molar-refractivity contribution >= 4 is 28.8 Å². The van der Waals surface area contributed by atoms with Crippen LogP contribution < -0.4 is 10.5 Å². The SMILES string of the molecule is Cc1ccc2nc(CN3CC(CC(=O)N(C)C)c4cc(Cl)ccc43)cc(=O)n2c1. The first-order valence-corrected chi connectivity index (χ1v) is 9.93. The third-order valence-electron chi connectivity index (χ3n) is 5.34. The van der Waals surface area contributed by atoms with E-state index in [0.29, 0.717) is 35.9 Å². The zero-order valence-electron chi connectivity index (χ0n) is 16.7. The van der Waals surface area contributed by atoms with Gasteiger partial charge in [0.1, 0.15) is 5.65 Å². The van der Waals surface area contributed by atoms with Crippen molar-refractivity contribution in [1.82, 2.24) is 14.3 Å². The fourth-order valence-electron chi connectivity index (χ4n) is 3.86. The van der Waals surface area contributed by atoms with Gasteiger partial charge in [0.05, 0.1) is 12.2 Å². The summed E-state index contributed by atoms with van der Waals surface area (Å²) in [5.41, 5.74) is 4.36. The molecule has 29 heavy (non-hydrogen) atoms. The van der Waals surface area contributed by atoms with Gasteiger partial charge in [0.2, 0.25) is 5.91 Å². The van der Waals surface area contributed by atoms with Gasteiger partial charge >= 0.3 is 0 Å². The molecule has 0 N–H and O–H groups in total. The molecule has 0 aliphatic carbocycles. The number of aromatic nitrogens is 2. The second-order valence-electron chi connectivity index (χ2n) is 7.79. The summed E-state index contributed by atoms with van der Waals surface area (Å²) in [6.45, 7) is 3.13. The molecule has 1 unspecified atom stereocenters. The van der Waals surface area contributed by atoms with Gasteiger partial charge in [-0.3, -0.25) is 14.0 Å². The predicted octanol–water partition coefficient (Wildman–Crippen LogP) is 3.24. The number of carbonyl (C=O) groups is 1. The van der Waals surface area contributed by atoms with Gasteiger partial charge in [0.25, 0.3) is 5.56 Å². The van der Waals surface area contributed by atoms with Gasteiger partial charge in [-0.05, 0) is 42.3 Å². The molecule has 1 aromatic carbocycles. The summed E-state index contributed by atoms with van der Waals surface area (Å²) in [4.78, 5) is 33.3. The van der Waals surface area contributed by atoms with E-state index in [0.717, 1.165) is 16.8 Å². The lowest BCUT2D eigenvalue weighted by atomic mass is 9.97. The van der Waals surface area contributed by atoms with Gasteiger partial charge < -0.3 is 9.80 Å². The number of nitrogens with zero attached hydrogens (tertiary/aromatic N) is 4. The number of fused-ring (bicyclic) bond motifs is 2. The Hall–Kier alpha value is -2.86. The van der Waals surface area contributed by atoms with Crippen molar-refractivity contribution in [3.8, 4) is 0 Å². The van der Waals surface area contributed by atoms with E-state index in [9.17, 15) is 9.59 Å². The molecule has 2 aromatic heterocycles. The van der Waals surface area contributed by atoms with Crippen molar-refractivity contribution in [3.63, 3.8) is 0 Å². The van der Waals surface area contributed by atoms with Gasteiger partial charge in [0, 0.05) is 56.0 Å². The number of pyridine rings is 1. The number of benzene rings is 1. The highest BCUT2D eigenvalue weighted by molar-refractivity contribution is 6.30. The van der Waals surface area contributed by atoms with E-state index in [4.69, 9.17) is 11.6 Å². The summed E-state index contributed by atoms with van der Waals surface area (Å²) >= 11 is 6.22. The van der Waals surface area contributed by atoms with Crippen LogP contribution in [0.5, 0.6) is 0 Å². The molecule has 0 spiro atoms. The number of aryl methyl sites for hydroxylation is 1. The fourth-order valence-corrected chi connectivity index (χ4v) is 4.04. The summed E-state index contributed by atoms with van der Waals surface area (Å²) in [6.07, 6.45) is 2.22. The molecule has 3 aromatic rings. The zero-order valence-corrected chi connectivity index (χ0v) is 17.5. The van der Waals surface area contributed by atoms with Crippen LogP contribution in [-0.4, -0.2) is 40.8 Å². The monoisotopic (exact) mass is 410 g/mol. The van der Waals surface area contributed by atoms with Gasteiger partial charge in [-0.25, -0.2) is 4.98 Å². The maximum absolute atomic E-state index is 12.5. The Morgan fingerprint density at radius 3 is 2.79 bits per heavy atom. The molecule has 0 bridgehead atoms. The molecule has 7 heteroatoms. The van der Waals surface area contributed by atoms with Gasteiger partial charge in [-0.1, -0.05) is 17.7 Å². The average Bonchev–Trinajstić information content (AvgIpc) is 2.98. The van der Waals surface area contributed by atoms with Crippen LogP contribution in [0.1, 0.15) is 29.2 Å². The molecule has 0 saturated carbocycles. The molecule has 1 aliphatic heterocycles. The van der Waals surface area contributed by atoms with E-state index in [-0.39, 0.29) is 17.4 Å². The fraction of sp³-hybridized carbons (Fsp3) is 0.318. The molecule has 150 valence electrons. The Bertz CT molecular complexity index is 1160. The number of hydrogen-bond acceptors (Lipinski definition) is 4. The van der Waals surface area contributed by atoms with Crippen LogP contribution in [0.4, 0.5) is 5.69 Å². The van der Waals surface area contributed by atoms with Crippen LogP contribution in [-0.2, 0) is 11.3 Å². The quantitative estimate of drug-likeness (QED) is 0.662. The Balaban J connectivity index is 1.66. The van der Waals surface area contributed by atoms with Crippen molar-refractivity contribution in [2.24, 2.45) is 0 Å². The lowest BCUT2D eigenvalue weighted by Gasteiger charge is -2.20. The Morgan fingerprint density at radius 2 is 2.03 bits per heavy atom. The molecular weight excluding hydrogens is 388 g/mol. The van der Waals surface area contributed by atoms with E-state index in [1.165, 1.54) is 0 Å². The minimum Gasteiger partial charge on any atom is -0.365 e. The second-order valence-corrected chi connectivity index (χ2v) is 8.23. The van der Waals surface area contributed by atoms with Crippen LogP contribution in [0, 0.1) is 6.92 Å². The number of halogens is 1. The minimum absolute atomic E-state index is 0.0582. The molecule has 1 atom stereocenters. The van der Waals surface area contributed by atoms with Crippen molar-refractivity contribution in [1.29, 1.82) is 0 Å². The average molecular weight is 411 g/mol. The Morgan fingerprint density at radius 1 is 1.24 bits per heavy atom. The molecule has 1 amide bonds. The van der Waals surface area contributed by atoms with Crippen LogP contribution in [0.2, 0.25) is 5.02 Å². The predicted molar refractivity (Wildman–Crippen MR) is 115 cm³/mol. The van der Waals surface area contributed by atoms with Gasteiger partial charge in [0.15, 0.2) is 0 Å². The van der Waals surface area contributed by atoms with E-state index < -0.39 is 0 Å². The highest BCUT2D eigenvalue weighted by Gasteiger charge is 2.31. The summed E-state index contributed by atoms with van der Waals surface area (Å²) in [7, 11) is 3.53. The lowest BCUT2D eigenvalue weighted by molar-refractivity contribution is -0.129. The molecule has 6 nitrogen and oxygen atoms in total. The van der Waals surface area contributed by atoms with E-state index in [1.54, 1.807) is 35.7 Å². The second kappa shape index (κ2) is 7.52. The highest BCUT2D eigenvalue weighted by Crippen LogP contribution is 2.40. The lowest BCUT2D eigenvalue weighted by Crippen LogP contribution is -2.27. The smallest absolute Gasteiger partial charge is 0.258 e. The molecule has 0 fully saturated rings. The van der Waals surface area contributed by atoms with E-state index >= 15 is 0 Å². The number of amides is 1. The van der Waals surface area contributed by atoms with Crippen LogP contribution in [0.25, 0.3) is 5.65 Å². The molecule has 1 aliphatic rings. The zero-order chi connectivity index (χ0) is 20.7. The summed E-state index contributed by atoms with van der Waals surface area (Å²) in [5.74, 6) is 0.142. The normalized spacial score (nSPS) is 15.6. The van der Waals surface area contributed by atoms with Crippen LogP contribution >= 0.6 is 11.6 Å². The number of anilines is 1. The maximum Gasteiger partial charge on any atom is 0.258 e. The standard InChI is InChI=1S/C22H23ClN4O2/c1-14-4-7-20-24-17(10-22(29)27(20)11-14)13-26-12-15(8-21(28)25(2)3)18-9-16(23)5-6-19(18)26/h4-7,9-11,15H,8,12-13H2,1-3H3. The topological polar surface area (TPSA) is 57.9 Å². The minimum atomic E-state index is -0.0939. The molecular formula is C22H23ClN4O2. The van der Waals surface area contributed by atoms with Crippen molar-refractivity contribution < 1.29 is 4.79 Å². The molecule has 0 radical (unpaired) electrons. The molecule has 0 saturated heterocycles. The number of rotatable bonds is 4. The Labute approximate surface area is 174 Å². The van der Waals surface area contributed by atoms with Gasteiger partial charge in [-0.2, -0.15) is 0 Å². The molecule has 3 heterocycles. The first-order chi connectivity index (χ1) is 13.8. The third kappa shape index (κ3) is 3.85. The molecule has 4 rings (SSSR count). The van der Waals surface area contributed by atoms with Crippen molar-refractivity contribution in [3.05, 3.63) is 74.8 Å². The summed E-state index contributed by atoms with van der Waals surface area (Å²) in [5, 5.41) is 0.658. The number of hydrogen-bond donors (Lipinski definition) is 0. The van der Waals surface area contributed by atoms with Crippen molar-refractivity contribution in [2.45, 2.75) is 25.8 Å². The van der Waals surface area contributed by atoms with Gasteiger partial charge in [-0.15, -0.1) is 0 Å². The Kier molecular flexibility index (Phi) is 5.04. The first-order valence-electron chi connectivity index (χ1n) is 9.55. The van der Waals surface area contributed by atoms with E-state index in [2.05, 4.69) is 9.88 Å². The summed E-state index contributed by atoms with van der Waals surface area (Å²) in [6, 6.07) is 11.2.